The lowest BCUT2D eigenvalue weighted by molar-refractivity contribution is 0.224. The van der Waals surface area contributed by atoms with Crippen LogP contribution >= 0.6 is 0 Å². The molecule has 0 amide bonds. The number of hydrogen-bond acceptors (Lipinski definition) is 3. The molecule has 0 spiro atoms. The predicted molar refractivity (Wildman–Crippen MR) is 41.8 cm³/mol. The lowest BCUT2D eigenvalue weighted by Gasteiger charge is -1.93. The van der Waals surface area contributed by atoms with E-state index in [1.54, 1.807) is 0 Å². The topological polar surface area (TPSA) is 35.3 Å². The summed E-state index contributed by atoms with van der Waals surface area (Å²) >= 11 is 0. The predicted octanol–water partition coefficient (Wildman–Crippen LogP) is 2.20. The summed E-state index contributed by atoms with van der Waals surface area (Å²) in [5.41, 5.74) is 0.938. The Hall–Kier alpha value is -0.990. The highest BCUT2D eigenvalue weighted by Crippen LogP contribution is 2.18. The highest BCUT2D eigenvalue weighted by atomic mass is 16.6. The number of rotatable bonds is 3. The van der Waals surface area contributed by atoms with Crippen LogP contribution < -0.4 is 4.74 Å². The van der Waals surface area contributed by atoms with E-state index >= 15 is 0 Å². The van der Waals surface area contributed by atoms with Gasteiger partial charge in [-0.05, 0) is 12.8 Å². The standard InChI is InChI=1S/C8H13NO2/c1-4-10-8-5-7(6(2)3)9-11-8/h5-6H,4H2,1-3H3. The zero-order valence-corrected chi connectivity index (χ0v) is 7.13. The molecule has 0 N–H and O–H groups in total. The minimum atomic E-state index is 0.396. The molecular weight excluding hydrogens is 142 g/mol. The average molecular weight is 155 g/mol. The van der Waals surface area contributed by atoms with Crippen LogP contribution in [0.5, 0.6) is 5.95 Å². The summed E-state index contributed by atoms with van der Waals surface area (Å²) in [6.07, 6.45) is 0. The van der Waals surface area contributed by atoms with Gasteiger partial charge in [0.1, 0.15) is 0 Å². The first-order valence-electron chi connectivity index (χ1n) is 3.83. The fraction of sp³-hybridized carbons (Fsp3) is 0.625. The fourth-order valence-corrected chi connectivity index (χ4v) is 0.753. The second-order valence-corrected chi connectivity index (χ2v) is 2.66. The van der Waals surface area contributed by atoms with Crippen LogP contribution in [-0.4, -0.2) is 11.8 Å². The number of hydrogen-bond donors (Lipinski definition) is 0. The van der Waals surface area contributed by atoms with E-state index in [1.807, 2.05) is 13.0 Å². The lowest BCUT2D eigenvalue weighted by atomic mass is 10.1. The maximum absolute atomic E-state index is 5.11. The van der Waals surface area contributed by atoms with Gasteiger partial charge >= 0.3 is 5.95 Å². The molecule has 1 aromatic heterocycles. The van der Waals surface area contributed by atoms with Crippen LogP contribution in [0, 0.1) is 0 Å². The van der Waals surface area contributed by atoms with E-state index in [0.717, 1.165) is 5.69 Å². The minimum absolute atomic E-state index is 0.396. The van der Waals surface area contributed by atoms with Crippen LogP contribution in [0.4, 0.5) is 0 Å². The molecular formula is C8H13NO2. The SMILES string of the molecule is CCOc1cc(C(C)C)no1. The zero-order chi connectivity index (χ0) is 8.27. The molecule has 3 nitrogen and oxygen atoms in total. The molecule has 0 bridgehead atoms. The largest absolute Gasteiger partial charge is 0.464 e. The monoisotopic (exact) mass is 155 g/mol. The van der Waals surface area contributed by atoms with Gasteiger partial charge in [-0.3, -0.25) is 0 Å². The number of ether oxygens (including phenoxy) is 1. The van der Waals surface area contributed by atoms with Crippen molar-refractivity contribution in [3.05, 3.63) is 11.8 Å². The van der Waals surface area contributed by atoms with Gasteiger partial charge in [-0.1, -0.05) is 19.0 Å². The van der Waals surface area contributed by atoms with Crippen molar-refractivity contribution in [2.45, 2.75) is 26.7 Å². The maximum atomic E-state index is 5.11. The van der Waals surface area contributed by atoms with Crippen LogP contribution in [-0.2, 0) is 0 Å². The molecule has 0 saturated carbocycles. The first-order chi connectivity index (χ1) is 5.24. The van der Waals surface area contributed by atoms with Gasteiger partial charge in [0.25, 0.3) is 0 Å². The van der Waals surface area contributed by atoms with Crippen molar-refractivity contribution in [3.63, 3.8) is 0 Å². The van der Waals surface area contributed by atoms with Crippen LogP contribution in [0.15, 0.2) is 10.6 Å². The molecule has 0 atom stereocenters. The lowest BCUT2D eigenvalue weighted by Crippen LogP contribution is -1.88. The number of nitrogens with zero attached hydrogens (tertiary/aromatic N) is 1. The Balaban J connectivity index is 2.66. The summed E-state index contributed by atoms with van der Waals surface area (Å²) in [6.45, 7) is 6.66. The summed E-state index contributed by atoms with van der Waals surface area (Å²) in [5, 5.41) is 3.83. The molecule has 0 radical (unpaired) electrons. The molecule has 0 aliphatic heterocycles. The van der Waals surface area contributed by atoms with E-state index in [1.165, 1.54) is 0 Å². The number of aromatic nitrogens is 1. The van der Waals surface area contributed by atoms with Crippen molar-refractivity contribution < 1.29 is 9.26 Å². The third-order valence-electron chi connectivity index (χ3n) is 1.38. The van der Waals surface area contributed by atoms with Crippen LogP contribution in [0.1, 0.15) is 32.4 Å². The Morgan fingerprint density at radius 2 is 2.36 bits per heavy atom. The molecule has 0 aliphatic carbocycles. The van der Waals surface area contributed by atoms with Crippen molar-refractivity contribution in [1.82, 2.24) is 5.16 Å². The van der Waals surface area contributed by atoms with Gasteiger partial charge in [0.05, 0.1) is 12.3 Å². The molecule has 1 rings (SSSR count). The summed E-state index contributed by atoms with van der Waals surface area (Å²) in [4.78, 5) is 0. The van der Waals surface area contributed by atoms with Gasteiger partial charge in [-0.25, -0.2) is 0 Å². The van der Waals surface area contributed by atoms with Gasteiger partial charge in [0.15, 0.2) is 0 Å². The van der Waals surface area contributed by atoms with Crippen molar-refractivity contribution in [1.29, 1.82) is 0 Å². The van der Waals surface area contributed by atoms with Gasteiger partial charge in [0, 0.05) is 6.07 Å². The molecule has 1 heterocycles. The van der Waals surface area contributed by atoms with Gasteiger partial charge in [0.2, 0.25) is 0 Å². The molecule has 0 unspecified atom stereocenters. The Morgan fingerprint density at radius 1 is 1.64 bits per heavy atom. The van der Waals surface area contributed by atoms with Crippen molar-refractivity contribution in [2.75, 3.05) is 6.61 Å². The third-order valence-corrected chi connectivity index (χ3v) is 1.38. The van der Waals surface area contributed by atoms with Gasteiger partial charge in [-0.2, -0.15) is 0 Å². The van der Waals surface area contributed by atoms with Crippen LogP contribution in [0.3, 0.4) is 0 Å². The molecule has 11 heavy (non-hydrogen) atoms. The first kappa shape index (κ1) is 8.11. The summed E-state index contributed by atoms with van der Waals surface area (Å²) in [6, 6.07) is 1.83. The molecule has 0 fully saturated rings. The van der Waals surface area contributed by atoms with E-state index in [0.29, 0.717) is 18.5 Å². The van der Waals surface area contributed by atoms with E-state index in [-0.39, 0.29) is 0 Å². The normalized spacial score (nSPS) is 10.5. The summed E-state index contributed by atoms with van der Waals surface area (Å²) in [7, 11) is 0. The second kappa shape index (κ2) is 3.42. The van der Waals surface area contributed by atoms with Crippen LogP contribution in [0.25, 0.3) is 0 Å². The van der Waals surface area contributed by atoms with Crippen molar-refractivity contribution in [3.8, 4) is 5.95 Å². The smallest absolute Gasteiger partial charge is 0.311 e. The quantitative estimate of drug-likeness (QED) is 0.671. The summed E-state index contributed by atoms with van der Waals surface area (Å²) < 4.78 is 10.0. The first-order valence-corrected chi connectivity index (χ1v) is 3.83. The van der Waals surface area contributed by atoms with Gasteiger partial charge in [-0.15, -0.1) is 0 Å². The molecule has 1 aromatic rings. The Bertz CT molecular complexity index is 218. The second-order valence-electron chi connectivity index (χ2n) is 2.66. The third kappa shape index (κ3) is 1.97. The Kier molecular flexibility index (Phi) is 2.52. The van der Waals surface area contributed by atoms with E-state index in [9.17, 15) is 0 Å². The Morgan fingerprint density at radius 3 is 2.82 bits per heavy atom. The molecule has 62 valence electrons. The highest BCUT2D eigenvalue weighted by molar-refractivity contribution is 5.12. The van der Waals surface area contributed by atoms with E-state index < -0.39 is 0 Å². The molecule has 0 aromatic carbocycles. The van der Waals surface area contributed by atoms with E-state index in [2.05, 4.69) is 19.0 Å². The average Bonchev–Trinajstić information content (AvgIpc) is 2.37. The highest BCUT2D eigenvalue weighted by Gasteiger charge is 2.06. The van der Waals surface area contributed by atoms with Crippen molar-refractivity contribution >= 4 is 0 Å². The van der Waals surface area contributed by atoms with Gasteiger partial charge < -0.3 is 9.26 Å². The van der Waals surface area contributed by atoms with E-state index in [4.69, 9.17) is 9.26 Å². The van der Waals surface area contributed by atoms with Crippen molar-refractivity contribution in [2.24, 2.45) is 0 Å². The molecule has 0 aliphatic rings. The molecule has 0 saturated heterocycles. The fourth-order valence-electron chi connectivity index (χ4n) is 0.753. The van der Waals surface area contributed by atoms with Crippen LogP contribution in [0.2, 0.25) is 0 Å². The Labute approximate surface area is 66.3 Å². The maximum Gasteiger partial charge on any atom is 0.311 e. The summed E-state index contributed by atoms with van der Waals surface area (Å²) in [5.74, 6) is 0.907. The molecule has 3 heteroatoms. The minimum Gasteiger partial charge on any atom is -0.464 e. The zero-order valence-electron chi connectivity index (χ0n) is 7.13.